The fourth-order valence-corrected chi connectivity index (χ4v) is 8.73. The molecule has 11 aromatic rings. The number of nitrogens with one attached hydrogen (secondary N) is 1. The van der Waals surface area contributed by atoms with Gasteiger partial charge in [-0.15, -0.1) is 0 Å². The van der Waals surface area contributed by atoms with E-state index in [1.807, 2.05) is 0 Å². The van der Waals surface area contributed by atoms with Crippen molar-refractivity contribution in [2.24, 2.45) is 0 Å². The molecule has 0 bridgehead atoms. The molecule has 0 radical (unpaired) electrons. The molecule has 4 heteroatoms. The SMILES string of the molecule is c1ccc(NN(c2ccccc2)c2cccc(-c3ccc4c(c3)c3ccccc3n4-c3ccccc3)c2-c2ccc3c(c2)c2ccccc2n3-c2ccccc2)cc1. The number of hydrogen-bond acceptors (Lipinski definition) is 2. The lowest BCUT2D eigenvalue weighted by atomic mass is 9.91. The first-order valence-corrected chi connectivity index (χ1v) is 19.8. The zero-order valence-corrected chi connectivity index (χ0v) is 31.7. The number of aromatic nitrogens is 2. The molecular formula is C54H38N4. The zero-order chi connectivity index (χ0) is 38.4. The van der Waals surface area contributed by atoms with Crippen molar-refractivity contribution in [1.29, 1.82) is 0 Å². The van der Waals surface area contributed by atoms with Gasteiger partial charge in [0.2, 0.25) is 0 Å². The number of para-hydroxylation sites is 6. The van der Waals surface area contributed by atoms with Crippen molar-refractivity contribution in [2.45, 2.75) is 0 Å². The maximum absolute atomic E-state index is 3.79. The Bertz CT molecular complexity index is 3240. The quantitative estimate of drug-likeness (QED) is 0.157. The largest absolute Gasteiger partial charge is 0.309 e. The number of hydrogen-bond donors (Lipinski definition) is 1. The first-order valence-electron chi connectivity index (χ1n) is 19.8. The average Bonchev–Trinajstić information content (AvgIpc) is 3.81. The van der Waals surface area contributed by atoms with E-state index in [4.69, 9.17) is 0 Å². The Morgan fingerprint density at radius 3 is 1.40 bits per heavy atom. The van der Waals surface area contributed by atoms with Gasteiger partial charge < -0.3 is 9.13 Å². The number of benzene rings is 9. The van der Waals surface area contributed by atoms with Gasteiger partial charge in [-0.05, 0) is 108 Å². The van der Waals surface area contributed by atoms with Crippen LogP contribution < -0.4 is 10.4 Å². The second-order valence-electron chi connectivity index (χ2n) is 14.7. The van der Waals surface area contributed by atoms with E-state index in [0.717, 1.165) is 50.7 Å². The van der Waals surface area contributed by atoms with E-state index >= 15 is 0 Å². The third kappa shape index (κ3) is 5.62. The van der Waals surface area contributed by atoms with E-state index in [1.54, 1.807) is 0 Å². The summed E-state index contributed by atoms with van der Waals surface area (Å²) in [5, 5.41) is 7.11. The van der Waals surface area contributed by atoms with Gasteiger partial charge in [0, 0.05) is 38.5 Å². The van der Waals surface area contributed by atoms with Crippen molar-refractivity contribution in [2.75, 3.05) is 10.4 Å². The molecule has 0 saturated heterocycles. The van der Waals surface area contributed by atoms with Crippen LogP contribution in [0.1, 0.15) is 0 Å². The summed E-state index contributed by atoms with van der Waals surface area (Å²) in [4.78, 5) is 0. The van der Waals surface area contributed by atoms with Crippen molar-refractivity contribution in [3.8, 4) is 33.6 Å². The fraction of sp³-hybridized carbons (Fsp3) is 0. The Kier molecular flexibility index (Phi) is 8.11. The first-order chi connectivity index (χ1) is 28.8. The summed E-state index contributed by atoms with van der Waals surface area (Å²) in [7, 11) is 0. The van der Waals surface area contributed by atoms with Gasteiger partial charge in [-0.1, -0.05) is 133 Å². The number of rotatable bonds is 8. The van der Waals surface area contributed by atoms with Crippen molar-refractivity contribution >= 4 is 60.7 Å². The molecule has 0 fully saturated rings. The van der Waals surface area contributed by atoms with Gasteiger partial charge in [-0.25, -0.2) is 0 Å². The minimum absolute atomic E-state index is 0.999. The minimum atomic E-state index is 0.999. The van der Waals surface area contributed by atoms with Crippen LogP contribution in [-0.2, 0) is 0 Å². The Hall–Kier alpha value is -7.82. The van der Waals surface area contributed by atoms with Gasteiger partial charge in [-0.2, -0.15) is 0 Å². The van der Waals surface area contributed by atoms with Crippen LogP contribution in [0.3, 0.4) is 0 Å². The predicted molar refractivity (Wildman–Crippen MR) is 245 cm³/mol. The molecule has 0 saturated carbocycles. The third-order valence-corrected chi connectivity index (χ3v) is 11.3. The van der Waals surface area contributed by atoms with Gasteiger partial charge in [0.05, 0.1) is 39.1 Å². The molecule has 9 aromatic carbocycles. The summed E-state index contributed by atoms with van der Waals surface area (Å²) in [6, 6.07) is 80.5. The average molecular weight is 743 g/mol. The maximum Gasteiger partial charge on any atom is 0.0715 e. The molecule has 0 amide bonds. The lowest BCUT2D eigenvalue weighted by molar-refractivity contribution is 1.16. The molecule has 274 valence electrons. The van der Waals surface area contributed by atoms with Crippen LogP contribution in [0.4, 0.5) is 17.1 Å². The van der Waals surface area contributed by atoms with Crippen molar-refractivity contribution < 1.29 is 0 Å². The number of hydrazine groups is 1. The standard InChI is InChI=1S/C54H38N4/c1-5-18-40(19-6-1)55-58(43-24-11-4-12-25-43)53-31-17-28-44(38-32-34-51-47(36-38)45-26-13-15-29-49(45)56(51)41-20-7-2-8-21-41)54(53)39-33-35-52-48(37-39)46-27-14-16-30-50(46)57(52)42-22-9-3-10-23-42/h1-37,55H. The number of nitrogens with zero attached hydrogens (tertiary/aromatic N) is 3. The highest BCUT2D eigenvalue weighted by Gasteiger charge is 2.22. The van der Waals surface area contributed by atoms with Crippen molar-refractivity contribution in [3.63, 3.8) is 0 Å². The number of fused-ring (bicyclic) bond motifs is 6. The van der Waals surface area contributed by atoms with E-state index in [2.05, 4.69) is 244 Å². The lowest BCUT2D eigenvalue weighted by Gasteiger charge is -2.30. The molecule has 2 heterocycles. The predicted octanol–water partition coefficient (Wildman–Crippen LogP) is 14.4. The molecule has 58 heavy (non-hydrogen) atoms. The molecule has 0 spiro atoms. The maximum atomic E-state index is 3.79. The Morgan fingerprint density at radius 1 is 0.345 bits per heavy atom. The van der Waals surface area contributed by atoms with E-state index in [9.17, 15) is 0 Å². The summed E-state index contributed by atoms with van der Waals surface area (Å²) in [6.07, 6.45) is 0. The first kappa shape index (κ1) is 33.5. The second kappa shape index (κ2) is 14.0. The van der Waals surface area contributed by atoms with Crippen LogP contribution in [0.5, 0.6) is 0 Å². The van der Waals surface area contributed by atoms with Gasteiger partial charge in [0.1, 0.15) is 0 Å². The molecule has 0 atom stereocenters. The van der Waals surface area contributed by atoms with Crippen molar-refractivity contribution in [3.05, 3.63) is 224 Å². The van der Waals surface area contributed by atoms with E-state index < -0.39 is 0 Å². The number of anilines is 3. The van der Waals surface area contributed by atoms with Crippen LogP contribution in [0.2, 0.25) is 0 Å². The lowest BCUT2D eigenvalue weighted by Crippen LogP contribution is -2.25. The monoisotopic (exact) mass is 742 g/mol. The topological polar surface area (TPSA) is 25.1 Å². The van der Waals surface area contributed by atoms with Crippen LogP contribution >= 0.6 is 0 Å². The van der Waals surface area contributed by atoms with E-state index in [0.29, 0.717) is 0 Å². The van der Waals surface area contributed by atoms with Crippen LogP contribution in [0.25, 0.3) is 77.2 Å². The third-order valence-electron chi connectivity index (χ3n) is 11.3. The molecule has 0 aliphatic rings. The van der Waals surface area contributed by atoms with Crippen LogP contribution in [0, 0.1) is 0 Å². The molecule has 1 N–H and O–H groups in total. The summed E-state index contributed by atoms with van der Waals surface area (Å²) in [6.45, 7) is 0. The summed E-state index contributed by atoms with van der Waals surface area (Å²) < 4.78 is 4.76. The minimum Gasteiger partial charge on any atom is -0.309 e. The molecular weight excluding hydrogens is 705 g/mol. The molecule has 2 aromatic heterocycles. The highest BCUT2D eigenvalue weighted by atomic mass is 15.5. The summed E-state index contributed by atoms with van der Waals surface area (Å²) in [5.41, 5.74) is 18.5. The Balaban J connectivity index is 1.19. The molecule has 0 aliphatic heterocycles. The van der Waals surface area contributed by atoms with Gasteiger partial charge in [-0.3, -0.25) is 10.4 Å². The van der Waals surface area contributed by atoms with Gasteiger partial charge >= 0.3 is 0 Å². The molecule has 4 nitrogen and oxygen atoms in total. The van der Waals surface area contributed by atoms with E-state index in [1.165, 1.54) is 43.6 Å². The highest BCUT2D eigenvalue weighted by molar-refractivity contribution is 6.13. The van der Waals surface area contributed by atoms with Crippen LogP contribution in [0.15, 0.2) is 224 Å². The van der Waals surface area contributed by atoms with Gasteiger partial charge in [0.15, 0.2) is 0 Å². The molecule has 0 unspecified atom stereocenters. The molecule has 11 rings (SSSR count). The fourth-order valence-electron chi connectivity index (χ4n) is 8.73. The van der Waals surface area contributed by atoms with E-state index in [-0.39, 0.29) is 0 Å². The smallest absolute Gasteiger partial charge is 0.0715 e. The Labute approximate surface area is 337 Å². The highest BCUT2D eigenvalue weighted by Crippen LogP contribution is 2.45. The van der Waals surface area contributed by atoms with Crippen LogP contribution in [-0.4, -0.2) is 9.13 Å². The Morgan fingerprint density at radius 2 is 0.810 bits per heavy atom. The zero-order valence-electron chi connectivity index (χ0n) is 31.7. The molecule has 0 aliphatic carbocycles. The summed E-state index contributed by atoms with van der Waals surface area (Å²) >= 11 is 0. The van der Waals surface area contributed by atoms with Crippen molar-refractivity contribution in [1.82, 2.24) is 9.13 Å². The van der Waals surface area contributed by atoms with Gasteiger partial charge in [0.25, 0.3) is 0 Å². The summed E-state index contributed by atoms with van der Waals surface area (Å²) in [5.74, 6) is 0. The normalized spacial score (nSPS) is 11.4. The second-order valence-corrected chi connectivity index (χ2v) is 14.7.